The molecule has 0 aliphatic carbocycles. The summed E-state index contributed by atoms with van der Waals surface area (Å²) < 4.78 is 0. The van der Waals surface area contributed by atoms with Crippen LogP contribution in [0.25, 0.3) is 0 Å². The molecular formula is C11H15NO2. The maximum Gasteiger partial charge on any atom is 0.234 e. The van der Waals surface area contributed by atoms with Crippen molar-refractivity contribution >= 4 is 11.8 Å². The Bertz CT molecular complexity index is 305. The van der Waals surface area contributed by atoms with Gasteiger partial charge in [-0.2, -0.15) is 0 Å². The van der Waals surface area contributed by atoms with Crippen molar-refractivity contribution in [2.75, 3.05) is 0 Å². The summed E-state index contributed by atoms with van der Waals surface area (Å²) in [6.07, 6.45) is 5.31. The summed E-state index contributed by atoms with van der Waals surface area (Å²) in [7, 11) is 0. The Hall–Kier alpha value is -1.30. The second-order valence-electron chi connectivity index (χ2n) is 4.29. The number of carbonyl (C=O) groups excluding carboxylic acids is 2. The molecule has 0 aromatic heterocycles. The third kappa shape index (κ3) is 1.31. The quantitative estimate of drug-likeness (QED) is 0.461. The van der Waals surface area contributed by atoms with Gasteiger partial charge in [-0.15, -0.1) is 6.42 Å². The van der Waals surface area contributed by atoms with Gasteiger partial charge in [0.15, 0.2) is 0 Å². The molecule has 2 amide bonds. The second-order valence-corrected chi connectivity index (χ2v) is 4.29. The molecule has 1 aliphatic heterocycles. The van der Waals surface area contributed by atoms with Crippen molar-refractivity contribution in [2.45, 2.75) is 33.2 Å². The van der Waals surface area contributed by atoms with Gasteiger partial charge in [-0.05, 0) is 13.8 Å². The number of nitrogens with zero attached hydrogens (tertiary/aromatic N) is 1. The Balaban J connectivity index is 3.10. The fraction of sp³-hybridized carbons (Fsp3) is 0.636. The van der Waals surface area contributed by atoms with Crippen LogP contribution in [0, 0.1) is 24.2 Å². The predicted molar refractivity (Wildman–Crippen MR) is 53.1 cm³/mol. The average Bonchev–Trinajstić information content (AvgIpc) is 2.31. The van der Waals surface area contributed by atoms with E-state index < -0.39 is 5.54 Å². The van der Waals surface area contributed by atoms with Gasteiger partial charge >= 0.3 is 0 Å². The molecule has 0 spiro atoms. The van der Waals surface area contributed by atoms with Gasteiger partial charge in [-0.1, -0.05) is 19.8 Å². The third-order valence-corrected chi connectivity index (χ3v) is 2.88. The first-order valence-corrected chi connectivity index (χ1v) is 4.68. The topological polar surface area (TPSA) is 37.4 Å². The molecule has 1 fully saturated rings. The number of likely N-dealkylation sites (tertiary alicyclic amines) is 1. The zero-order valence-corrected chi connectivity index (χ0v) is 9.00. The lowest BCUT2D eigenvalue weighted by Crippen LogP contribution is -2.47. The van der Waals surface area contributed by atoms with Crippen molar-refractivity contribution in [1.29, 1.82) is 0 Å². The summed E-state index contributed by atoms with van der Waals surface area (Å²) in [5.74, 6) is 1.64. The van der Waals surface area contributed by atoms with Gasteiger partial charge in [0, 0.05) is 11.8 Å². The molecule has 0 aromatic carbocycles. The molecule has 0 aromatic rings. The van der Waals surface area contributed by atoms with Crippen LogP contribution in [-0.2, 0) is 9.59 Å². The molecule has 76 valence electrons. The van der Waals surface area contributed by atoms with Crippen molar-refractivity contribution in [3.63, 3.8) is 0 Å². The first-order chi connectivity index (χ1) is 6.33. The molecule has 2 atom stereocenters. The maximum atomic E-state index is 11.7. The van der Waals surface area contributed by atoms with Crippen LogP contribution in [0.3, 0.4) is 0 Å². The van der Waals surface area contributed by atoms with Gasteiger partial charge in [-0.25, -0.2) is 0 Å². The minimum atomic E-state index is -0.812. The zero-order valence-electron chi connectivity index (χ0n) is 9.00. The highest BCUT2D eigenvalue weighted by atomic mass is 16.2. The van der Waals surface area contributed by atoms with Crippen molar-refractivity contribution in [2.24, 2.45) is 11.8 Å². The highest BCUT2D eigenvalue weighted by Gasteiger charge is 2.47. The summed E-state index contributed by atoms with van der Waals surface area (Å²) >= 11 is 0. The number of hydrogen-bond acceptors (Lipinski definition) is 2. The van der Waals surface area contributed by atoms with Crippen LogP contribution in [0.5, 0.6) is 0 Å². The van der Waals surface area contributed by atoms with Crippen molar-refractivity contribution in [3.05, 3.63) is 0 Å². The first-order valence-electron chi connectivity index (χ1n) is 4.68. The smallest absolute Gasteiger partial charge is 0.234 e. The normalized spacial score (nSPS) is 28.1. The summed E-state index contributed by atoms with van der Waals surface area (Å²) in [5, 5.41) is 0. The van der Waals surface area contributed by atoms with E-state index in [1.54, 1.807) is 27.7 Å². The highest BCUT2D eigenvalue weighted by Crippen LogP contribution is 2.30. The Morgan fingerprint density at radius 1 is 1.21 bits per heavy atom. The molecule has 0 bridgehead atoms. The van der Waals surface area contributed by atoms with E-state index in [1.165, 1.54) is 4.90 Å². The van der Waals surface area contributed by atoms with E-state index in [1.807, 2.05) is 0 Å². The standard InChI is InChI=1S/C11H15NO2/c1-6-11(4,5)12-9(13)7(2)8(3)10(12)14/h1,7-8H,2-5H3. The number of hydrogen-bond donors (Lipinski definition) is 0. The molecule has 1 saturated heterocycles. The minimum Gasteiger partial charge on any atom is -0.274 e. The van der Waals surface area contributed by atoms with Gasteiger partial charge < -0.3 is 0 Å². The van der Waals surface area contributed by atoms with E-state index in [2.05, 4.69) is 5.92 Å². The van der Waals surface area contributed by atoms with Crippen LogP contribution in [0.2, 0.25) is 0 Å². The molecule has 14 heavy (non-hydrogen) atoms. The highest BCUT2D eigenvalue weighted by molar-refractivity contribution is 6.05. The van der Waals surface area contributed by atoms with Crippen LogP contribution < -0.4 is 0 Å². The number of carbonyl (C=O) groups is 2. The lowest BCUT2D eigenvalue weighted by atomic mass is 10.00. The van der Waals surface area contributed by atoms with Crippen LogP contribution in [0.1, 0.15) is 27.7 Å². The van der Waals surface area contributed by atoms with Crippen molar-refractivity contribution in [3.8, 4) is 12.3 Å². The maximum absolute atomic E-state index is 11.7. The lowest BCUT2D eigenvalue weighted by molar-refractivity contribution is -0.143. The average molecular weight is 193 g/mol. The second kappa shape index (κ2) is 3.13. The number of terminal acetylenes is 1. The summed E-state index contributed by atoms with van der Waals surface area (Å²) in [6, 6.07) is 0. The first kappa shape index (κ1) is 10.8. The van der Waals surface area contributed by atoms with E-state index in [0.29, 0.717) is 0 Å². The predicted octanol–water partition coefficient (Wildman–Crippen LogP) is 1.04. The van der Waals surface area contributed by atoms with E-state index in [-0.39, 0.29) is 23.7 Å². The van der Waals surface area contributed by atoms with Gasteiger partial charge in [0.2, 0.25) is 11.8 Å². The van der Waals surface area contributed by atoms with E-state index in [4.69, 9.17) is 6.42 Å². The molecule has 0 radical (unpaired) electrons. The van der Waals surface area contributed by atoms with Crippen molar-refractivity contribution < 1.29 is 9.59 Å². The molecular weight excluding hydrogens is 178 g/mol. The Morgan fingerprint density at radius 3 is 1.86 bits per heavy atom. The minimum absolute atomic E-state index is 0.162. The van der Waals surface area contributed by atoms with Crippen LogP contribution in [0.15, 0.2) is 0 Å². The summed E-state index contributed by atoms with van der Waals surface area (Å²) in [6.45, 7) is 6.93. The van der Waals surface area contributed by atoms with E-state index >= 15 is 0 Å². The molecule has 1 rings (SSSR count). The molecule has 1 heterocycles. The summed E-state index contributed by atoms with van der Waals surface area (Å²) in [5.41, 5.74) is -0.812. The van der Waals surface area contributed by atoms with E-state index in [9.17, 15) is 9.59 Å². The third-order valence-electron chi connectivity index (χ3n) is 2.88. The van der Waals surface area contributed by atoms with Crippen LogP contribution >= 0.6 is 0 Å². The zero-order chi connectivity index (χ0) is 11.1. The number of rotatable bonds is 1. The monoisotopic (exact) mass is 193 g/mol. The fourth-order valence-corrected chi connectivity index (χ4v) is 1.56. The Labute approximate surface area is 84.5 Å². The Morgan fingerprint density at radius 2 is 1.57 bits per heavy atom. The van der Waals surface area contributed by atoms with Crippen LogP contribution in [-0.4, -0.2) is 22.3 Å². The number of amides is 2. The van der Waals surface area contributed by atoms with Crippen molar-refractivity contribution in [1.82, 2.24) is 4.90 Å². The molecule has 3 heteroatoms. The largest absolute Gasteiger partial charge is 0.274 e. The van der Waals surface area contributed by atoms with Gasteiger partial charge in [0.1, 0.15) is 5.54 Å². The lowest BCUT2D eigenvalue weighted by Gasteiger charge is -2.28. The van der Waals surface area contributed by atoms with Gasteiger partial charge in [0.25, 0.3) is 0 Å². The number of imide groups is 1. The van der Waals surface area contributed by atoms with Crippen LogP contribution in [0.4, 0.5) is 0 Å². The Kier molecular flexibility index (Phi) is 2.41. The molecule has 2 unspecified atom stereocenters. The SMILES string of the molecule is C#CC(C)(C)N1C(=O)C(C)C(C)C1=O. The van der Waals surface area contributed by atoms with Gasteiger partial charge in [-0.3, -0.25) is 14.5 Å². The van der Waals surface area contributed by atoms with Gasteiger partial charge in [0.05, 0.1) is 0 Å². The fourth-order valence-electron chi connectivity index (χ4n) is 1.56. The summed E-state index contributed by atoms with van der Waals surface area (Å²) in [4.78, 5) is 24.7. The van der Waals surface area contributed by atoms with E-state index in [0.717, 1.165) is 0 Å². The molecule has 0 saturated carbocycles. The molecule has 1 aliphatic rings. The molecule has 3 nitrogen and oxygen atoms in total. The molecule has 0 N–H and O–H groups in total.